The van der Waals surface area contributed by atoms with Gasteiger partial charge in [0.1, 0.15) is 0 Å². The molecular formula is H2B4O2. The lowest BCUT2D eigenvalue weighted by atomic mass is 9.81. The van der Waals surface area contributed by atoms with Crippen LogP contribution in [0.5, 0.6) is 0 Å². The highest BCUT2D eigenvalue weighted by Crippen LogP contribution is 0.711. The largest absolute Gasteiger partial charge is 0.255 e. The van der Waals surface area contributed by atoms with Crippen molar-refractivity contribution in [3.8, 4) is 0 Å². The fraction of sp³-hybridized carbons (Fsp3) is 0. The third-order valence-electron chi connectivity index (χ3n) is 0. The third kappa shape index (κ3) is 1310. The second-order valence-electron chi connectivity index (χ2n) is 0. The van der Waals surface area contributed by atoms with Crippen molar-refractivity contribution in [3.63, 3.8) is 0 Å². The topological polar surface area (TPSA) is 40.5 Å². The molecule has 2 N–H and O–H groups in total. The molecule has 0 aromatic heterocycles. The van der Waals surface area contributed by atoms with E-state index in [1.807, 2.05) is 0 Å². The van der Waals surface area contributed by atoms with Gasteiger partial charge in [0.2, 0.25) is 0 Å². The zero-order chi connectivity index (χ0) is 6.00. The molecule has 0 heterocycles. The normalized spacial score (nSPS) is 2.33. The molecule has 6 heteroatoms. The van der Waals surface area contributed by atoms with Gasteiger partial charge in [-0.25, -0.2) is 0 Å². The van der Waals surface area contributed by atoms with Crippen molar-refractivity contribution in [1.82, 2.24) is 0 Å². The molecule has 0 atom stereocenters. The molecule has 6 heavy (non-hydrogen) atoms. The summed E-state index contributed by atoms with van der Waals surface area (Å²) in [5.41, 5.74) is 0. The molecule has 0 rings (SSSR count). The Kier molecular flexibility index (Phi) is 7660. The van der Waals surface area contributed by atoms with Crippen molar-refractivity contribution >= 4 is 30.9 Å². The van der Waals surface area contributed by atoms with Crippen molar-refractivity contribution in [2.45, 2.75) is 0 Å². The molecule has 0 aromatic rings. The average Bonchev–Trinajstić information content (AvgIpc) is 1.81. The lowest BCUT2D eigenvalue weighted by molar-refractivity contribution is -0.176. The predicted molar refractivity (Wildman–Crippen MR) is 28.3 cm³/mol. The van der Waals surface area contributed by atoms with Crippen molar-refractivity contribution in [3.05, 3.63) is 0 Å². The summed E-state index contributed by atoms with van der Waals surface area (Å²) in [6.07, 6.45) is 0. The Hall–Kier alpha value is 0.180. The fourth-order valence-corrected chi connectivity index (χ4v) is 0. The van der Waals surface area contributed by atoms with Crippen molar-refractivity contribution in [2.24, 2.45) is 0 Å². The standard InChI is InChI=1S/2B2.H2O2/c3*1-2/h;;1-2H. The first-order valence-corrected chi connectivity index (χ1v) is 0.867. The molecule has 0 aliphatic heterocycles. The van der Waals surface area contributed by atoms with Gasteiger partial charge in [-0.2, -0.15) is 0 Å². The van der Waals surface area contributed by atoms with Gasteiger partial charge in [-0.3, -0.25) is 10.5 Å². The number of rotatable bonds is 0. The van der Waals surface area contributed by atoms with Gasteiger partial charge in [0.05, 0.1) is 0 Å². The molecule has 2 nitrogen and oxygen atoms in total. The summed E-state index contributed by atoms with van der Waals surface area (Å²) in [4.78, 5) is 0. The maximum Gasteiger partial charge on any atom is 0 e. The van der Waals surface area contributed by atoms with Crippen molar-refractivity contribution in [1.29, 1.82) is 0 Å². The monoisotopic (exact) mass is 78.0 g/mol. The van der Waals surface area contributed by atoms with Crippen molar-refractivity contribution in [2.75, 3.05) is 0 Å². The average molecular weight is 77.3 g/mol. The van der Waals surface area contributed by atoms with Gasteiger partial charge in [-0.05, 0) is 0 Å². The zero-order valence-corrected chi connectivity index (χ0v) is 3.20. The van der Waals surface area contributed by atoms with Gasteiger partial charge < -0.3 is 0 Å². The van der Waals surface area contributed by atoms with E-state index >= 15 is 0 Å². The van der Waals surface area contributed by atoms with Crippen molar-refractivity contribution < 1.29 is 10.5 Å². The zero-order valence-electron chi connectivity index (χ0n) is 3.20. The minimum Gasteiger partial charge on any atom is -0.255 e. The SMILES string of the molecule is OO.[B][B].[B][B]. The predicted octanol–water partition coefficient (Wildman–Crippen LogP) is -1.51. The molecule has 0 amide bonds. The quantitative estimate of drug-likeness (QED) is 0.210. The third-order valence-corrected chi connectivity index (χ3v) is 0. The first-order chi connectivity index (χ1) is 3.00. The summed E-state index contributed by atoms with van der Waals surface area (Å²) < 4.78 is 0. The smallest absolute Gasteiger partial charge is 0 e. The van der Waals surface area contributed by atoms with Crippen LogP contribution in [0.1, 0.15) is 0 Å². The van der Waals surface area contributed by atoms with E-state index < -0.39 is 0 Å². The molecule has 8 radical (unpaired) electrons. The Morgan fingerprint density at radius 2 is 0.667 bits per heavy atom. The second-order valence-corrected chi connectivity index (χ2v) is 0. The molecule has 0 saturated heterocycles. The molecule has 0 aromatic carbocycles. The molecular weight excluding hydrogens is 75.2 g/mol. The van der Waals surface area contributed by atoms with Crippen LogP contribution in [-0.2, 0) is 0 Å². The van der Waals surface area contributed by atoms with Crippen LogP contribution in [0.2, 0.25) is 0 Å². The second kappa shape index (κ2) is 2800. The highest BCUT2D eigenvalue weighted by molar-refractivity contribution is 6.76. The van der Waals surface area contributed by atoms with Crippen LogP contribution in [-0.4, -0.2) is 41.5 Å². The Morgan fingerprint density at radius 1 is 0.667 bits per heavy atom. The van der Waals surface area contributed by atoms with Gasteiger partial charge in [0.25, 0.3) is 0 Å². The molecule has 0 aliphatic carbocycles. The lowest BCUT2D eigenvalue weighted by Gasteiger charge is -1.25. The van der Waals surface area contributed by atoms with E-state index in [0.29, 0.717) is 0 Å². The van der Waals surface area contributed by atoms with Gasteiger partial charge in [-0.15, -0.1) is 0 Å². The fourth-order valence-electron chi connectivity index (χ4n) is 0. The van der Waals surface area contributed by atoms with Crippen LogP contribution in [0.4, 0.5) is 0 Å². The first-order valence-electron chi connectivity index (χ1n) is 0.867. The Morgan fingerprint density at radius 3 is 0.667 bits per heavy atom. The maximum atomic E-state index is 6.00. The molecule has 0 saturated carbocycles. The first kappa shape index (κ1) is 16.4. The van der Waals surface area contributed by atoms with Gasteiger partial charge in [0, 0.05) is 30.9 Å². The number of hydrogen-bond acceptors (Lipinski definition) is 2. The molecule has 0 unspecified atom stereocenters. The van der Waals surface area contributed by atoms with Crippen LogP contribution >= 0.6 is 0 Å². The molecule has 0 fully saturated rings. The minimum absolute atomic E-state index is 4.00. The van der Waals surface area contributed by atoms with Gasteiger partial charge in [0.15, 0.2) is 0 Å². The van der Waals surface area contributed by atoms with E-state index in [1.165, 1.54) is 0 Å². The summed E-state index contributed by atoms with van der Waals surface area (Å²) in [6, 6.07) is 0. The molecule has 0 spiro atoms. The van der Waals surface area contributed by atoms with Crippen LogP contribution in [0.25, 0.3) is 0 Å². The van der Waals surface area contributed by atoms with Crippen LogP contribution < -0.4 is 0 Å². The maximum absolute atomic E-state index is 6.00. The lowest BCUT2D eigenvalue weighted by Crippen LogP contribution is -1.38. The molecule has 0 aliphatic rings. The summed E-state index contributed by atoms with van der Waals surface area (Å²) in [5.74, 6) is 0. The highest BCUT2D eigenvalue weighted by Gasteiger charge is 1.00. The summed E-state index contributed by atoms with van der Waals surface area (Å²) >= 11 is 0. The molecule has 0 bridgehead atoms. The van der Waals surface area contributed by atoms with E-state index in [0.717, 1.165) is 0 Å². The summed E-state index contributed by atoms with van der Waals surface area (Å²) in [5, 5.41) is 12.0. The molecule has 26 valence electrons. The van der Waals surface area contributed by atoms with Gasteiger partial charge >= 0.3 is 0 Å². The van der Waals surface area contributed by atoms with E-state index in [4.69, 9.17) is 10.5 Å². The van der Waals surface area contributed by atoms with Crippen LogP contribution in [0.3, 0.4) is 0 Å². The van der Waals surface area contributed by atoms with E-state index in [1.54, 1.807) is 0 Å². The Labute approximate surface area is 42.5 Å². The van der Waals surface area contributed by atoms with Crippen LogP contribution in [0.15, 0.2) is 0 Å². The van der Waals surface area contributed by atoms with Crippen LogP contribution in [0, 0.1) is 0 Å². The van der Waals surface area contributed by atoms with E-state index in [-0.39, 0.29) is 0 Å². The van der Waals surface area contributed by atoms with Gasteiger partial charge in [-0.1, -0.05) is 0 Å². The highest BCUT2D eigenvalue weighted by atomic mass is 17.0. The number of hydrogen-bond donors (Lipinski definition) is 2. The Bertz CT molecular complexity index is 5.51. The van der Waals surface area contributed by atoms with E-state index in [9.17, 15) is 0 Å². The Balaban J connectivity index is -0.0000000225. The minimum atomic E-state index is 4.00. The summed E-state index contributed by atoms with van der Waals surface area (Å²) in [6.45, 7) is 0. The van der Waals surface area contributed by atoms with E-state index in [2.05, 4.69) is 30.9 Å². The summed E-state index contributed by atoms with van der Waals surface area (Å²) in [7, 11) is 16.0.